The number of fused-ring (bicyclic) bond motifs is 1. The topological polar surface area (TPSA) is 65.1 Å². The summed E-state index contributed by atoms with van der Waals surface area (Å²) in [6.07, 6.45) is -3.17. The number of sulfonamides is 1. The predicted molar refractivity (Wildman–Crippen MR) is 76.6 cm³/mol. The summed E-state index contributed by atoms with van der Waals surface area (Å²) in [6.45, 7) is 0.733. The van der Waals surface area contributed by atoms with E-state index in [-0.39, 0.29) is 37.0 Å². The minimum absolute atomic E-state index is 0.0320. The molecule has 0 aliphatic carbocycles. The Morgan fingerprint density at radius 1 is 1.22 bits per heavy atom. The van der Waals surface area contributed by atoms with Gasteiger partial charge in [-0.15, -0.1) is 0 Å². The summed E-state index contributed by atoms with van der Waals surface area (Å²) in [7, 11) is -3.98. The normalized spacial score (nSPS) is 22.3. The number of hydrogen-bond acceptors (Lipinski definition) is 5. The van der Waals surface area contributed by atoms with E-state index < -0.39 is 28.9 Å². The van der Waals surface area contributed by atoms with Crippen LogP contribution in [0.1, 0.15) is 6.42 Å². The maximum Gasteiger partial charge on any atom is 0.247 e. The van der Waals surface area contributed by atoms with Gasteiger partial charge in [0.1, 0.15) is 18.1 Å². The standard InChI is InChI=1S/C14H17F2NO5S/c15-13(16)8-10-9-20-5-4-17(10)23(18,19)12-3-1-2-11-14(12)22-7-6-21-11/h1-3,10,13H,4-9H2. The lowest BCUT2D eigenvalue weighted by molar-refractivity contribution is 0.00443. The van der Waals surface area contributed by atoms with Crippen molar-refractivity contribution in [1.29, 1.82) is 0 Å². The summed E-state index contributed by atoms with van der Waals surface area (Å²) in [5.74, 6) is 0.483. The highest BCUT2D eigenvalue weighted by atomic mass is 32.2. The van der Waals surface area contributed by atoms with Crippen molar-refractivity contribution in [2.75, 3.05) is 33.0 Å². The van der Waals surface area contributed by atoms with E-state index in [1.165, 1.54) is 6.07 Å². The molecule has 1 aromatic carbocycles. The molecule has 0 aromatic heterocycles. The molecule has 23 heavy (non-hydrogen) atoms. The Morgan fingerprint density at radius 3 is 2.78 bits per heavy atom. The maximum absolute atomic E-state index is 12.9. The van der Waals surface area contributed by atoms with Crippen LogP contribution in [0.25, 0.3) is 0 Å². The first-order valence-electron chi connectivity index (χ1n) is 7.26. The number of hydrogen-bond donors (Lipinski definition) is 0. The van der Waals surface area contributed by atoms with Crippen LogP contribution in [0.5, 0.6) is 11.5 Å². The van der Waals surface area contributed by atoms with Crippen LogP contribution in [-0.4, -0.2) is 58.2 Å². The fraction of sp³-hybridized carbons (Fsp3) is 0.571. The van der Waals surface area contributed by atoms with Gasteiger partial charge in [-0.1, -0.05) is 6.07 Å². The molecule has 2 heterocycles. The van der Waals surface area contributed by atoms with Crippen LogP contribution in [0.3, 0.4) is 0 Å². The molecule has 2 aliphatic rings. The van der Waals surface area contributed by atoms with E-state index in [1.807, 2.05) is 0 Å². The van der Waals surface area contributed by atoms with Gasteiger partial charge in [-0.25, -0.2) is 17.2 Å². The fourth-order valence-electron chi connectivity index (χ4n) is 2.72. The van der Waals surface area contributed by atoms with Crippen LogP contribution in [0, 0.1) is 0 Å². The van der Waals surface area contributed by atoms with Crippen molar-refractivity contribution in [3.05, 3.63) is 18.2 Å². The van der Waals surface area contributed by atoms with Gasteiger partial charge in [-0.2, -0.15) is 4.31 Å². The van der Waals surface area contributed by atoms with Crippen molar-refractivity contribution >= 4 is 10.0 Å². The van der Waals surface area contributed by atoms with Crippen LogP contribution in [0.15, 0.2) is 23.1 Å². The quantitative estimate of drug-likeness (QED) is 0.824. The second-order valence-electron chi connectivity index (χ2n) is 5.25. The van der Waals surface area contributed by atoms with Crippen molar-refractivity contribution in [3.8, 4) is 11.5 Å². The highest BCUT2D eigenvalue weighted by Crippen LogP contribution is 2.38. The largest absolute Gasteiger partial charge is 0.486 e. The minimum atomic E-state index is -3.98. The number of halogens is 2. The molecule has 1 unspecified atom stereocenters. The monoisotopic (exact) mass is 349 g/mol. The highest BCUT2D eigenvalue weighted by Gasteiger charge is 2.38. The van der Waals surface area contributed by atoms with E-state index in [1.54, 1.807) is 12.1 Å². The van der Waals surface area contributed by atoms with Gasteiger partial charge in [0, 0.05) is 13.0 Å². The first-order valence-corrected chi connectivity index (χ1v) is 8.70. The molecule has 0 bridgehead atoms. The second kappa shape index (κ2) is 6.58. The van der Waals surface area contributed by atoms with Crippen molar-refractivity contribution in [2.45, 2.75) is 23.8 Å². The van der Waals surface area contributed by atoms with Gasteiger partial charge >= 0.3 is 0 Å². The molecule has 128 valence electrons. The Balaban J connectivity index is 1.97. The lowest BCUT2D eigenvalue weighted by Crippen LogP contribution is -2.49. The highest BCUT2D eigenvalue weighted by molar-refractivity contribution is 7.89. The zero-order valence-electron chi connectivity index (χ0n) is 12.3. The summed E-state index contributed by atoms with van der Waals surface area (Å²) in [6, 6.07) is 3.67. The summed E-state index contributed by atoms with van der Waals surface area (Å²) in [5.41, 5.74) is 0. The zero-order valence-corrected chi connectivity index (χ0v) is 13.1. The molecule has 0 radical (unpaired) electrons. The van der Waals surface area contributed by atoms with E-state index in [0.717, 1.165) is 4.31 Å². The summed E-state index contributed by atoms with van der Waals surface area (Å²) < 4.78 is 68.4. The Morgan fingerprint density at radius 2 is 2.00 bits per heavy atom. The van der Waals surface area contributed by atoms with Crippen LogP contribution >= 0.6 is 0 Å². The van der Waals surface area contributed by atoms with Gasteiger partial charge in [0.2, 0.25) is 16.4 Å². The van der Waals surface area contributed by atoms with Gasteiger partial charge in [0.05, 0.1) is 19.3 Å². The molecule has 1 aromatic rings. The Hall–Kier alpha value is -1.45. The molecule has 3 rings (SSSR count). The molecule has 1 atom stereocenters. The molecule has 0 amide bonds. The maximum atomic E-state index is 12.9. The van der Waals surface area contributed by atoms with Gasteiger partial charge < -0.3 is 14.2 Å². The number of ether oxygens (including phenoxy) is 3. The molecule has 0 N–H and O–H groups in total. The van der Waals surface area contributed by atoms with Crippen molar-refractivity contribution in [1.82, 2.24) is 4.31 Å². The van der Waals surface area contributed by atoms with Crippen LogP contribution < -0.4 is 9.47 Å². The Bertz CT molecular complexity index is 667. The third-order valence-corrected chi connectivity index (χ3v) is 5.72. The Labute approximate surface area is 133 Å². The van der Waals surface area contributed by atoms with E-state index in [0.29, 0.717) is 12.4 Å². The average Bonchev–Trinajstić information content (AvgIpc) is 2.54. The van der Waals surface area contributed by atoms with Crippen LogP contribution in [0.4, 0.5) is 8.78 Å². The zero-order chi connectivity index (χ0) is 16.4. The molecule has 6 nitrogen and oxygen atoms in total. The lowest BCUT2D eigenvalue weighted by atomic mass is 10.2. The molecule has 0 spiro atoms. The number of alkyl halides is 2. The lowest BCUT2D eigenvalue weighted by Gasteiger charge is -2.35. The van der Waals surface area contributed by atoms with E-state index in [9.17, 15) is 17.2 Å². The number of morpholine rings is 1. The molecular formula is C14H17F2NO5S. The molecule has 1 fully saturated rings. The Kier molecular flexibility index (Phi) is 4.69. The smallest absolute Gasteiger partial charge is 0.247 e. The molecular weight excluding hydrogens is 332 g/mol. The fourth-order valence-corrected chi connectivity index (χ4v) is 4.48. The van der Waals surface area contributed by atoms with Crippen molar-refractivity contribution in [3.63, 3.8) is 0 Å². The van der Waals surface area contributed by atoms with Gasteiger partial charge in [-0.05, 0) is 12.1 Å². The first kappa shape index (κ1) is 16.4. The molecule has 9 heteroatoms. The van der Waals surface area contributed by atoms with Gasteiger partial charge in [-0.3, -0.25) is 0 Å². The van der Waals surface area contributed by atoms with E-state index >= 15 is 0 Å². The average molecular weight is 349 g/mol. The predicted octanol–water partition coefficient (Wildman–Crippen LogP) is 1.50. The van der Waals surface area contributed by atoms with Crippen molar-refractivity contribution < 1.29 is 31.4 Å². The molecule has 0 saturated carbocycles. The van der Waals surface area contributed by atoms with Crippen LogP contribution in [-0.2, 0) is 14.8 Å². The van der Waals surface area contributed by atoms with Gasteiger partial charge in [0.15, 0.2) is 11.5 Å². The molecule has 1 saturated heterocycles. The van der Waals surface area contributed by atoms with Gasteiger partial charge in [0.25, 0.3) is 0 Å². The van der Waals surface area contributed by atoms with Crippen LogP contribution in [0.2, 0.25) is 0 Å². The first-order chi connectivity index (χ1) is 11.0. The number of benzene rings is 1. The minimum Gasteiger partial charge on any atom is -0.486 e. The number of nitrogens with zero attached hydrogens (tertiary/aromatic N) is 1. The number of rotatable bonds is 4. The molecule has 2 aliphatic heterocycles. The number of para-hydroxylation sites is 1. The summed E-state index contributed by atoms with van der Waals surface area (Å²) in [5, 5.41) is 0. The van der Waals surface area contributed by atoms with E-state index in [4.69, 9.17) is 14.2 Å². The van der Waals surface area contributed by atoms with E-state index in [2.05, 4.69) is 0 Å². The second-order valence-corrected chi connectivity index (χ2v) is 7.11. The third-order valence-electron chi connectivity index (χ3n) is 3.74. The van der Waals surface area contributed by atoms with Crippen molar-refractivity contribution in [2.24, 2.45) is 0 Å². The third kappa shape index (κ3) is 3.26. The SMILES string of the molecule is O=S(=O)(c1cccc2c1OCCO2)N1CCOCC1CC(F)F. The summed E-state index contributed by atoms with van der Waals surface area (Å²) >= 11 is 0. The summed E-state index contributed by atoms with van der Waals surface area (Å²) in [4.78, 5) is -0.0594.